The van der Waals surface area contributed by atoms with Crippen LogP contribution in [0.5, 0.6) is 0 Å². The second kappa shape index (κ2) is 16.0. The molecular formula is C44H56N2O. The third-order valence-corrected chi connectivity index (χ3v) is 11.3. The second-order valence-corrected chi connectivity index (χ2v) is 14.5. The molecule has 0 aromatic heterocycles. The number of anilines is 2. The van der Waals surface area contributed by atoms with Gasteiger partial charge in [0.05, 0.1) is 0 Å². The van der Waals surface area contributed by atoms with Gasteiger partial charge < -0.3 is 16.2 Å². The summed E-state index contributed by atoms with van der Waals surface area (Å²) < 4.78 is 7.25. The van der Waals surface area contributed by atoms with Gasteiger partial charge >= 0.3 is 0 Å². The molecule has 2 fully saturated rings. The van der Waals surface area contributed by atoms with Crippen LogP contribution in [-0.2, 0) is 4.74 Å². The molecule has 3 heteroatoms. The molecule has 2 atom stereocenters. The van der Waals surface area contributed by atoms with Crippen LogP contribution in [0.4, 0.5) is 11.4 Å². The summed E-state index contributed by atoms with van der Waals surface area (Å²) in [6.07, 6.45) is 15.0. The Hall–Kier alpha value is -3.56. The minimum absolute atomic E-state index is 0.344. The normalized spacial score (nSPS) is 22.9. The van der Waals surface area contributed by atoms with E-state index in [1.54, 1.807) is 0 Å². The van der Waals surface area contributed by atoms with E-state index in [0.29, 0.717) is 11.8 Å². The van der Waals surface area contributed by atoms with Gasteiger partial charge in [-0.05, 0) is 109 Å². The molecule has 0 saturated heterocycles. The van der Waals surface area contributed by atoms with E-state index in [0.717, 1.165) is 45.5 Å². The van der Waals surface area contributed by atoms with Crippen molar-refractivity contribution in [2.45, 2.75) is 115 Å². The average molecular weight is 629 g/mol. The quantitative estimate of drug-likeness (QED) is 0.153. The molecule has 4 N–H and O–H groups in total. The van der Waals surface area contributed by atoms with Crippen molar-refractivity contribution in [1.29, 1.82) is 0 Å². The summed E-state index contributed by atoms with van der Waals surface area (Å²) in [6.45, 7) is 4.62. The predicted molar refractivity (Wildman–Crippen MR) is 199 cm³/mol. The van der Waals surface area contributed by atoms with Crippen molar-refractivity contribution in [3.05, 3.63) is 130 Å². The first kappa shape index (κ1) is 33.3. The molecule has 2 aliphatic carbocycles. The molecule has 4 aromatic rings. The molecule has 0 radical (unpaired) electrons. The fourth-order valence-electron chi connectivity index (χ4n) is 8.61. The lowest BCUT2D eigenvalue weighted by molar-refractivity contribution is 0.0316. The van der Waals surface area contributed by atoms with Crippen LogP contribution in [0.15, 0.2) is 97.1 Å². The van der Waals surface area contributed by atoms with Crippen LogP contribution in [0.3, 0.4) is 0 Å². The Labute approximate surface area is 284 Å². The van der Waals surface area contributed by atoms with Gasteiger partial charge in [-0.15, -0.1) is 0 Å². The van der Waals surface area contributed by atoms with Crippen molar-refractivity contribution in [3.8, 4) is 0 Å². The smallest absolute Gasteiger partial charge is 0.111 e. The van der Waals surface area contributed by atoms with Crippen molar-refractivity contribution in [1.82, 2.24) is 0 Å². The second-order valence-electron chi connectivity index (χ2n) is 14.5. The molecule has 6 rings (SSSR count). The lowest BCUT2D eigenvalue weighted by Gasteiger charge is -2.31. The van der Waals surface area contributed by atoms with E-state index in [1.165, 1.54) is 88.2 Å². The Kier molecular flexibility index (Phi) is 11.4. The monoisotopic (exact) mass is 628 g/mol. The van der Waals surface area contributed by atoms with Crippen LogP contribution in [-0.4, -0.2) is 0 Å². The zero-order valence-electron chi connectivity index (χ0n) is 28.7. The third kappa shape index (κ3) is 8.12. The maximum absolute atomic E-state index is 7.25. The predicted octanol–water partition coefficient (Wildman–Crippen LogP) is 11.9. The van der Waals surface area contributed by atoms with E-state index < -0.39 is 0 Å². The minimum atomic E-state index is -0.344. The first-order valence-electron chi connectivity index (χ1n) is 18.6. The molecule has 2 saturated carbocycles. The van der Waals surface area contributed by atoms with Crippen molar-refractivity contribution in [3.63, 3.8) is 0 Å². The van der Waals surface area contributed by atoms with Gasteiger partial charge in [0.15, 0.2) is 0 Å². The number of ether oxygens (including phenoxy) is 1. The molecule has 3 nitrogen and oxygen atoms in total. The van der Waals surface area contributed by atoms with E-state index in [-0.39, 0.29) is 12.2 Å². The summed E-state index contributed by atoms with van der Waals surface area (Å²) >= 11 is 0. The van der Waals surface area contributed by atoms with Gasteiger partial charge in [0, 0.05) is 22.5 Å². The Bertz CT molecular complexity index is 1420. The van der Waals surface area contributed by atoms with E-state index in [4.69, 9.17) is 16.2 Å². The van der Waals surface area contributed by atoms with Crippen LogP contribution in [0.25, 0.3) is 0 Å². The fraction of sp³-hybridized carbons (Fsp3) is 0.455. The largest absolute Gasteiger partial charge is 0.398 e. The number of hydrogen-bond donors (Lipinski definition) is 2. The maximum atomic E-state index is 7.25. The molecular weight excluding hydrogens is 572 g/mol. The van der Waals surface area contributed by atoms with E-state index >= 15 is 0 Å². The Morgan fingerprint density at radius 3 is 1.26 bits per heavy atom. The summed E-state index contributed by atoms with van der Waals surface area (Å²) in [7, 11) is 0. The number of rotatable bonds is 12. The van der Waals surface area contributed by atoms with Gasteiger partial charge in [-0.25, -0.2) is 0 Å². The molecule has 2 aliphatic rings. The van der Waals surface area contributed by atoms with Gasteiger partial charge in [0.25, 0.3) is 0 Å². The molecule has 2 unspecified atom stereocenters. The van der Waals surface area contributed by atoms with Gasteiger partial charge in [0.2, 0.25) is 0 Å². The molecule has 47 heavy (non-hydrogen) atoms. The highest BCUT2D eigenvalue weighted by atomic mass is 16.5. The van der Waals surface area contributed by atoms with Crippen LogP contribution in [0.2, 0.25) is 0 Å². The van der Waals surface area contributed by atoms with Crippen LogP contribution >= 0.6 is 0 Å². The van der Waals surface area contributed by atoms with Gasteiger partial charge in [-0.2, -0.15) is 0 Å². The van der Waals surface area contributed by atoms with E-state index in [2.05, 4.69) is 111 Å². The van der Waals surface area contributed by atoms with Crippen molar-refractivity contribution < 1.29 is 4.74 Å². The summed E-state index contributed by atoms with van der Waals surface area (Å²) in [6, 6.07) is 34.6. The number of nitrogen functional groups attached to an aromatic ring is 2. The molecule has 4 aromatic carbocycles. The highest BCUT2D eigenvalue weighted by Crippen LogP contribution is 2.44. The number of benzene rings is 4. The Balaban J connectivity index is 1.29. The first-order chi connectivity index (χ1) is 23.0. The van der Waals surface area contributed by atoms with Crippen LogP contribution in [0, 0.1) is 11.8 Å². The standard InChI is InChI=1S/C44H56N2O/c1-3-11-31-17-21-33(22-18-31)37-25-27-39(41(45)29-37)43(35-13-7-5-8-14-35)47-44(36-15-9-6-10-16-36)40-28-26-38(30-42(40)46)34-23-19-32(12-4-2)20-24-34/h5-10,13-16,25-34,43-44H,3-4,11-12,17-24,45-46H2,1-2H3. The summed E-state index contributed by atoms with van der Waals surface area (Å²) in [5.41, 5.74) is 22.5. The summed E-state index contributed by atoms with van der Waals surface area (Å²) in [5, 5.41) is 0. The highest BCUT2D eigenvalue weighted by molar-refractivity contribution is 5.56. The maximum Gasteiger partial charge on any atom is 0.111 e. The van der Waals surface area contributed by atoms with Crippen LogP contribution in [0.1, 0.15) is 148 Å². The Morgan fingerprint density at radius 2 is 0.915 bits per heavy atom. The van der Waals surface area contributed by atoms with Gasteiger partial charge in [-0.3, -0.25) is 0 Å². The van der Waals surface area contributed by atoms with Crippen molar-refractivity contribution in [2.24, 2.45) is 11.8 Å². The Morgan fingerprint density at radius 1 is 0.532 bits per heavy atom. The number of nitrogens with two attached hydrogens (primary N) is 2. The SMILES string of the molecule is CCCC1CCC(c2ccc(C(OC(c3ccccc3)c3ccc(C4CCC(CCC)CC4)cc3N)c3ccccc3)c(N)c2)CC1. The topological polar surface area (TPSA) is 61.3 Å². The van der Waals surface area contributed by atoms with E-state index in [1.807, 2.05) is 0 Å². The lowest BCUT2D eigenvalue weighted by Crippen LogP contribution is -2.17. The molecule has 0 bridgehead atoms. The molecule has 248 valence electrons. The summed E-state index contributed by atoms with van der Waals surface area (Å²) in [5.74, 6) is 2.96. The van der Waals surface area contributed by atoms with Crippen molar-refractivity contribution in [2.75, 3.05) is 11.5 Å². The molecule has 0 spiro atoms. The van der Waals surface area contributed by atoms with E-state index in [9.17, 15) is 0 Å². The van der Waals surface area contributed by atoms with Crippen molar-refractivity contribution >= 4 is 11.4 Å². The summed E-state index contributed by atoms with van der Waals surface area (Å²) in [4.78, 5) is 0. The zero-order chi connectivity index (χ0) is 32.6. The molecule has 0 aliphatic heterocycles. The first-order valence-corrected chi connectivity index (χ1v) is 18.6. The zero-order valence-corrected chi connectivity index (χ0v) is 28.7. The molecule has 0 amide bonds. The fourth-order valence-corrected chi connectivity index (χ4v) is 8.61. The average Bonchev–Trinajstić information content (AvgIpc) is 3.11. The molecule has 0 heterocycles. The van der Waals surface area contributed by atoms with Gasteiger partial charge in [0.1, 0.15) is 12.2 Å². The minimum Gasteiger partial charge on any atom is -0.398 e. The lowest BCUT2D eigenvalue weighted by atomic mass is 9.77. The number of hydrogen-bond acceptors (Lipinski definition) is 3. The van der Waals surface area contributed by atoms with Crippen LogP contribution < -0.4 is 11.5 Å². The van der Waals surface area contributed by atoms with Gasteiger partial charge in [-0.1, -0.05) is 124 Å². The third-order valence-electron chi connectivity index (χ3n) is 11.3. The highest BCUT2D eigenvalue weighted by Gasteiger charge is 2.29.